The van der Waals surface area contributed by atoms with Gasteiger partial charge in [-0.15, -0.1) is 0 Å². The molecule has 2 heterocycles. The van der Waals surface area contributed by atoms with Crippen LogP contribution in [0.5, 0.6) is 0 Å². The fourth-order valence-electron chi connectivity index (χ4n) is 2.84. The third kappa shape index (κ3) is 3.89. The summed E-state index contributed by atoms with van der Waals surface area (Å²) in [6.07, 6.45) is 1.60. The number of hydrogen-bond donors (Lipinski definition) is 1. The summed E-state index contributed by atoms with van der Waals surface area (Å²) in [7, 11) is 0. The first-order chi connectivity index (χ1) is 14.3. The summed E-state index contributed by atoms with van der Waals surface area (Å²) in [6, 6.07) is 14.7. The number of rotatable bonds is 4. The third-order valence-corrected chi connectivity index (χ3v) is 6.40. The summed E-state index contributed by atoms with van der Waals surface area (Å²) < 4.78 is 6.17. The van der Waals surface area contributed by atoms with E-state index in [0.717, 1.165) is 11.8 Å². The van der Waals surface area contributed by atoms with Crippen molar-refractivity contribution in [1.29, 1.82) is 0 Å². The second kappa shape index (κ2) is 8.28. The van der Waals surface area contributed by atoms with Gasteiger partial charge in [0.1, 0.15) is 11.5 Å². The van der Waals surface area contributed by atoms with Crippen molar-refractivity contribution in [3.63, 3.8) is 0 Å². The maximum absolute atomic E-state index is 12.9. The maximum Gasteiger partial charge on any atom is 0.335 e. The van der Waals surface area contributed by atoms with E-state index in [1.807, 2.05) is 0 Å². The van der Waals surface area contributed by atoms with E-state index in [0.29, 0.717) is 42.0 Å². The molecule has 0 aliphatic carbocycles. The van der Waals surface area contributed by atoms with Crippen LogP contribution in [-0.4, -0.2) is 21.3 Å². The smallest absolute Gasteiger partial charge is 0.335 e. The number of benzene rings is 2. The number of hydrogen-bond acceptors (Lipinski definition) is 5. The zero-order chi connectivity index (χ0) is 21.4. The molecule has 1 fully saturated rings. The van der Waals surface area contributed by atoms with Gasteiger partial charge in [-0.1, -0.05) is 53.2 Å². The van der Waals surface area contributed by atoms with Crippen molar-refractivity contribution in [2.75, 3.05) is 4.90 Å². The van der Waals surface area contributed by atoms with Crippen LogP contribution in [0.3, 0.4) is 0 Å². The lowest BCUT2D eigenvalue weighted by atomic mass is 10.2. The molecule has 1 N–H and O–H groups in total. The molecule has 3 aromatic rings. The highest BCUT2D eigenvalue weighted by atomic mass is 35.5. The second-order valence-electron chi connectivity index (χ2n) is 6.17. The second-order valence-corrected chi connectivity index (χ2v) is 8.63. The SMILES string of the molecule is O=C(O)c1ccc(N2C(=O)/C(=C\c3ccc(-c4cccc(Cl)c4Cl)o3)SC2=S)cc1. The molecular weight excluding hydrogens is 465 g/mol. The molecule has 9 heteroatoms. The first-order valence-corrected chi connectivity index (χ1v) is 10.5. The van der Waals surface area contributed by atoms with E-state index in [2.05, 4.69) is 0 Å². The molecule has 0 spiro atoms. The van der Waals surface area contributed by atoms with Gasteiger partial charge in [-0.25, -0.2) is 4.79 Å². The highest BCUT2D eigenvalue weighted by Gasteiger charge is 2.33. The molecular formula is C21H11Cl2NO4S2. The highest BCUT2D eigenvalue weighted by Crippen LogP contribution is 2.38. The standard InChI is InChI=1S/C21H11Cl2NO4S2/c22-15-3-1-2-14(18(15)23)16-9-8-13(28-16)10-17-19(25)24(21(29)30-17)12-6-4-11(5-7-12)20(26)27/h1-10H,(H,26,27)/b17-10+. The summed E-state index contributed by atoms with van der Waals surface area (Å²) in [6.45, 7) is 0. The van der Waals surface area contributed by atoms with Gasteiger partial charge >= 0.3 is 5.97 Å². The molecule has 1 amide bonds. The minimum absolute atomic E-state index is 0.127. The van der Waals surface area contributed by atoms with Crippen LogP contribution in [0.4, 0.5) is 5.69 Å². The first kappa shape index (κ1) is 20.7. The van der Waals surface area contributed by atoms with Gasteiger partial charge in [-0.05, 0) is 48.5 Å². The molecule has 0 bridgehead atoms. The number of carbonyl (C=O) groups excluding carboxylic acids is 1. The lowest BCUT2D eigenvalue weighted by Gasteiger charge is -2.14. The Morgan fingerprint density at radius 2 is 1.83 bits per heavy atom. The molecule has 2 aromatic carbocycles. The first-order valence-electron chi connectivity index (χ1n) is 8.50. The van der Waals surface area contributed by atoms with Crippen molar-refractivity contribution in [2.45, 2.75) is 0 Å². The fraction of sp³-hybridized carbons (Fsp3) is 0. The van der Waals surface area contributed by atoms with Gasteiger partial charge in [0.2, 0.25) is 0 Å². The summed E-state index contributed by atoms with van der Waals surface area (Å²) in [5.74, 6) is -0.372. The van der Waals surface area contributed by atoms with Crippen molar-refractivity contribution in [3.8, 4) is 11.3 Å². The molecule has 1 aliphatic heterocycles. The number of carboxylic acids is 1. The van der Waals surface area contributed by atoms with Gasteiger partial charge in [0.15, 0.2) is 4.32 Å². The Bertz CT molecular complexity index is 1220. The Balaban J connectivity index is 1.60. The minimum Gasteiger partial charge on any atom is -0.478 e. The number of thiocarbonyl (C=S) groups is 1. The number of furan rings is 1. The van der Waals surface area contributed by atoms with Crippen LogP contribution in [0, 0.1) is 0 Å². The summed E-state index contributed by atoms with van der Waals surface area (Å²) in [5.41, 5.74) is 1.27. The molecule has 0 atom stereocenters. The Morgan fingerprint density at radius 1 is 1.10 bits per heavy atom. The van der Waals surface area contributed by atoms with Crippen molar-refractivity contribution in [2.24, 2.45) is 0 Å². The molecule has 1 saturated heterocycles. The lowest BCUT2D eigenvalue weighted by Crippen LogP contribution is -2.27. The van der Waals surface area contributed by atoms with Crippen molar-refractivity contribution in [3.05, 3.63) is 80.9 Å². The van der Waals surface area contributed by atoms with Gasteiger partial charge in [0, 0.05) is 11.6 Å². The minimum atomic E-state index is -1.04. The number of nitrogens with zero attached hydrogens (tertiary/aromatic N) is 1. The van der Waals surface area contributed by atoms with E-state index in [9.17, 15) is 9.59 Å². The largest absolute Gasteiger partial charge is 0.478 e. The van der Waals surface area contributed by atoms with Gasteiger partial charge in [-0.3, -0.25) is 9.69 Å². The fourth-order valence-corrected chi connectivity index (χ4v) is 4.51. The van der Waals surface area contributed by atoms with Crippen molar-refractivity contribution in [1.82, 2.24) is 0 Å². The number of anilines is 1. The Kier molecular flexibility index (Phi) is 5.71. The number of aromatic carboxylic acids is 1. The van der Waals surface area contributed by atoms with Crippen LogP contribution < -0.4 is 4.90 Å². The number of thioether (sulfide) groups is 1. The molecule has 5 nitrogen and oxygen atoms in total. The third-order valence-electron chi connectivity index (χ3n) is 4.28. The van der Waals surface area contributed by atoms with E-state index >= 15 is 0 Å². The highest BCUT2D eigenvalue weighted by molar-refractivity contribution is 8.27. The van der Waals surface area contributed by atoms with E-state index in [-0.39, 0.29) is 11.5 Å². The number of carbonyl (C=O) groups is 2. The van der Waals surface area contributed by atoms with Crippen molar-refractivity contribution >= 4 is 75.1 Å². The summed E-state index contributed by atoms with van der Waals surface area (Å²) >= 11 is 18.8. The average molecular weight is 476 g/mol. The monoisotopic (exact) mass is 475 g/mol. The average Bonchev–Trinajstić information content (AvgIpc) is 3.28. The van der Waals surface area contributed by atoms with Crippen LogP contribution in [-0.2, 0) is 4.79 Å². The normalized spacial score (nSPS) is 15.3. The van der Waals surface area contributed by atoms with Crippen LogP contribution >= 0.6 is 47.2 Å². The van der Waals surface area contributed by atoms with Crippen LogP contribution in [0.2, 0.25) is 10.0 Å². The lowest BCUT2D eigenvalue weighted by molar-refractivity contribution is -0.113. The van der Waals surface area contributed by atoms with Crippen molar-refractivity contribution < 1.29 is 19.1 Å². The molecule has 0 unspecified atom stereocenters. The summed E-state index contributed by atoms with van der Waals surface area (Å²) in [5, 5.41) is 9.83. The van der Waals surface area contributed by atoms with Gasteiger partial charge < -0.3 is 9.52 Å². The van der Waals surface area contributed by atoms with Crippen LogP contribution in [0.15, 0.2) is 63.9 Å². The van der Waals surface area contributed by atoms with Crippen LogP contribution in [0.25, 0.3) is 17.4 Å². The zero-order valence-electron chi connectivity index (χ0n) is 15.0. The van der Waals surface area contributed by atoms with Gasteiger partial charge in [0.25, 0.3) is 5.91 Å². The Hall–Kier alpha value is -2.58. The zero-order valence-corrected chi connectivity index (χ0v) is 18.1. The topological polar surface area (TPSA) is 70.8 Å². The molecule has 0 radical (unpaired) electrons. The Labute approximate surface area is 190 Å². The molecule has 4 rings (SSSR count). The van der Waals surface area contributed by atoms with E-state index in [1.54, 1.807) is 48.5 Å². The van der Waals surface area contributed by atoms with Gasteiger partial charge in [-0.2, -0.15) is 0 Å². The molecule has 0 saturated carbocycles. The Morgan fingerprint density at radius 3 is 2.53 bits per heavy atom. The predicted molar refractivity (Wildman–Crippen MR) is 123 cm³/mol. The predicted octanol–water partition coefficient (Wildman–Crippen LogP) is 6.36. The van der Waals surface area contributed by atoms with Crippen LogP contribution in [0.1, 0.15) is 16.1 Å². The number of amides is 1. The van der Waals surface area contributed by atoms with E-state index in [4.69, 9.17) is 44.9 Å². The summed E-state index contributed by atoms with van der Waals surface area (Å²) in [4.78, 5) is 25.6. The maximum atomic E-state index is 12.9. The molecule has 150 valence electrons. The number of halogens is 2. The van der Waals surface area contributed by atoms with E-state index in [1.165, 1.54) is 17.0 Å². The molecule has 1 aliphatic rings. The molecule has 30 heavy (non-hydrogen) atoms. The quantitative estimate of drug-likeness (QED) is 0.349. The van der Waals surface area contributed by atoms with E-state index < -0.39 is 5.97 Å². The number of carboxylic acid groups (broad SMARTS) is 1. The van der Waals surface area contributed by atoms with Gasteiger partial charge in [0.05, 0.1) is 26.2 Å². The molecule has 1 aromatic heterocycles.